The number of carbonyl (C=O) groups is 1. The van der Waals surface area contributed by atoms with Crippen molar-refractivity contribution in [2.75, 3.05) is 6.54 Å². The van der Waals surface area contributed by atoms with E-state index >= 15 is 0 Å². The fraction of sp³-hybridized carbons (Fsp3) is 0.955. The molecule has 6 rings (SSSR count). The highest BCUT2D eigenvalue weighted by Gasteiger charge is 2.78. The highest BCUT2D eigenvalue weighted by Crippen LogP contribution is 2.78. The molecule has 9 unspecified atom stereocenters. The van der Waals surface area contributed by atoms with Gasteiger partial charge in [0.15, 0.2) is 0 Å². The van der Waals surface area contributed by atoms with Crippen molar-refractivity contribution in [1.82, 2.24) is 4.90 Å². The zero-order valence-corrected chi connectivity index (χ0v) is 16.6. The number of carboxylic acids is 1. The predicted octanol–water partition coefficient (Wildman–Crippen LogP) is 3.73. The van der Waals surface area contributed by atoms with E-state index in [4.69, 9.17) is 0 Å². The van der Waals surface area contributed by atoms with Crippen molar-refractivity contribution < 1.29 is 15.0 Å². The lowest BCUT2D eigenvalue weighted by molar-refractivity contribution is -0.388. The van der Waals surface area contributed by atoms with Crippen molar-refractivity contribution in [3.05, 3.63) is 0 Å². The molecule has 3 saturated heterocycles. The van der Waals surface area contributed by atoms with Gasteiger partial charge in [0.25, 0.3) is 0 Å². The molecular weight excluding hydrogens is 326 g/mol. The van der Waals surface area contributed by atoms with Crippen LogP contribution in [0.3, 0.4) is 0 Å². The van der Waals surface area contributed by atoms with Crippen LogP contribution >= 0.6 is 0 Å². The molecule has 3 saturated carbocycles. The average molecular weight is 362 g/mol. The van der Waals surface area contributed by atoms with E-state index in [0.29, 0.717) is 42.1 Å². The lowest BCUT2D eigenvalue weighted by Gasteiger charge is -2.82. The maximum atomic E-state index is 11.8. The normalized spacial score (nSPS) is 56.8. The Kier molecular flexibility index (Phi) is 3.53. The fourth-order valence-electron chi connectivity index (χ4n) is 9.15. The van der Waals surface area contributed by atoms with Crippen LogP contribution in [0.25, 0.3) is 0 Å². The number of hydrogen-bond acceptors (Lipinski definition) is 3. The monoisotopic (exact) mass is 361 g/mol. The molecule has 6 aliphatic rings. The number of nitrogens with zero attached hydrogens (tertiary/aromatic N) is 1. The number of rotatable bonds is 4. The molecule has 4 nitrogen and oxygen atoms in total. The zero-order valence-electron chi connectivity index (χ0n) is 16.6. The summed E-state index contributed by atoms with van der Waals surface area (Å²) < 4.78 is 0. The summed E-state index contributed by atoms with van der Waals surface area (Å²) in [6.45, 7) is 8.23. The van der Waals surface area contributed by atoms with Gasteiger partial charge in [-0.05, 0) is 79.4 Å². The van der Waals surface area contributed by atoms with Crippen LogP contribution in [0.15, 0.2) is 0 Å². The minimum absolute atomic E-state index is 0.0943. The molecule has 8 bridgehead atoms. The molecule has 3 aliphatic heterocycles. The van der Waals surface area contributed by atoms with E-state index in [-0.39, 0.29) is 10.8 Å². The molecule has 2 N–H and O–H groups in total. The first-order chi connectivity index (χ1) is 12.3. The van der Waals surface area contributed by atoms with Crippen molar-refractivity contribution in [1.29, 1.82) is 0 Å². The summed E-state index contributed by atoms with van der Waals surface area (Å²) >= 11 is 0. The first-order valence-electron chi connectivity index (χ1n) is 11.0. The van der Waals surface area contributed by atoms with Crippen molar-refractivity contribution in [3.63, 3.8) is 0 Å². The number of aliphatic carboxylic acids is 1. The van der Waals surface area contributed by atoms with Gasteiger partial charge in [0, 0.05) is 24.9 Å². The summed E-state index contributed by atoms with van der Waals surface area (Å²) in [6, 6.07) is 0.378. The third-order valence-corrected chi connectivity index (χ3v) is 10.1. The van der Waals surface area contributed by atoms with Crippen LogP contribution in [-0.2, 0) is 4.79 Å². The Morgan fingerprint density at radius 1 is 1.23 bits per heavy atom. The van der Waals surface area contributed by atoms with Gasteiger partial charge in [-0.25, -0.2) is 0 Å². The number of hydrogen-bond donors (Lipinski definition) is 2. The van der Waals surface area contributed by atoms with Crippen LogP contribution in [0.5, 0.6) is 0 Å². The van der Waals surface area contributed by atoms with Crippen LogP contribution in [0.4, 0.5) is 0 Å². The largest absolute Gasteiger partial charge is 0.481 e. The van der Waals surface area contributed by atoms with E-state index < -0.39 is 11.7 Å². The van der Waals surface area contributed by atoms with Gasteiger partial charge < -0.3 is 10.2 Å². The van der Waals surface area contributed by atoms with Crippen LogP contribution in [-0.4, -0.2) is 39.4 Å². The Bertz CT molecular complexity index is 635. The Hall–Kier alpha value is -0.610. The van der Waals surface area contributed by atoms with Gasteiger partial charge in [0.05, 0.1) is 0 Å². The van der Waals surface area contributed by atoms with E-state index in [0.717, 1.165) is 25.8 Å². The molecule has 6 fully saturated rings. The highest BCUT2D eigenvalue weighted by molar-refractivity contribution is 5.66. The average Bonchev–Trinajstić information content (AvgIpc) is 2.56. The summed E-state index contributed by atoms with van der Waals surface area (Å²) in [5.74, 6) is 2.06. The quantitative estimate of drug-likeness (QED) is 0.801. The smallest absolute Gasteiger partial charge is 0.303 e. The van der Waals surface area contributed by atoms with Crippen molar-refractivity contribution in [2.24, 2.45) is 40.4 Å². The third kappa shape index (κ3) is 1.77. The molecular formula is C22H35NO3. The van der Waals surface area contributed by atoms with Gasteiger partial charge >= 0.3 is 5.97 Å². The second-order valence-corrected chi connectivity index (χ2v) is 10.8. The predicted molar refractivity (Wildman–Crippen MR) is 99.4 cm³/mol. The molecule has 9 atom stereocenters. The SMILES string of the molecule is CC(C)C1CCC2(C)C3CC4C5CCCC4(O)N(C3)C1C52CCC(=O)O. The lowest BCUT2D eigenvalue weighted by atomic mass is 9.31. The van der Waals surface area contributed by atoms with E-state index in [9.17, 15) is 15.0 Å². The molecule has 0 aromatic heterocycles. The fourth-order valence-corrected chi connectivity index (χ4v) is 9.15. The molecule has 0 amide bonds. The van der Waals surface area contributed by atoms with E-state index in [1.807, 2.05) is 0 Å². The maximum Gasteiger partial charge on any atom is 0.303 e. The lowest BCUT2D eigenvalue weighted by Crippen LogP contribution is -2.86. The van der Waals surface area contributed by atoms with Crippen LogP contribution in [0, 0.1) is 40.4 Å². The van der Waals surface area contributed by atoms with Gasteiger partial charge in [0.1, 0.15) is 5.72 Å². The maximum absolute atomic E-state index is 11.8. The van der Waals surface area contributed by atoms with Crippen LogP contribution in [0.1, 0.15) is 72.1 Å². The van der Waals surface area contributed by atoms with Crippen LogP contribution in [0.2, 0.25) is 0 Å². The van der Waals surface area contributed by atoms with Gasteiger partial charge in [0.2, 0.25) is 0 Å². The summed E-state index contributed by atoms with van der Waals surface area (Å²) in [5.41, 5.74) is -0.255. The standard InChI is InChI=1S/C22H35NO3/c1-13(2)15-6-9-20(3)14-11-17-16-5-4-8-22(17,26)23(12-14)19(15)21(16,20)10-7-18(24)25/h13-17,19,26H,4-12H2,1-3H3,(H,24,25). The van der Waals surface area contributed by atoms with E-state index in [1.54, 1.807) is 0 Å². The molecule has 0 spiro atoms. The Morgan fingerprint density at radius 2 is 2.00 bits per heavy atom. The van der Waals surface area contributed by atoms with Gasteiger partial charge in [-0.15, -0.1) is 0 Å². The van der Waals surface area contributed by atoms with E-state index in [2.05, 4.69) is 25.7 Å². The number of aliphatic hydroxyl groups is 1. The molecule has 26 heavy (non-hydrogen) atoms. The Labute approximate surface area is 157 Å². The Morgan fingerprint density at radius 3 is 2.69 bits per heavy atom. The van der Waals surface area contributed by atoms with Crippen molar-refractivity contribution in [3.8, 4) is 0 Å². The number of piperidine rings is 3. The van der Waals surface area contributed by atoms with Gasteiger partial charge in [-0.1, -0.05) is 20.8 Å². The van der Waals surface area contributed by atoms with Crippen LogP contribution < -0.4 is 0 Å². The summed E-state index contributed by atoms with van der Waals surface area (Å²) in [6.07, 6.45) is 8.00. The molecule has 3 heterocycles. The third-order valence-electron chi connectivity index (χ3n) is 10.1. The van der Waals surface area contributed by atoms with Crippen molar-refractivity contribution >= 4 is 5.97 Å². The summed E-state index contributed by atoms with van der Waals surface area (Å²) in [7, 11) is 0. The minimum atomic E-state index is -0.649. The number of carboxylic acid groups (broad SMARTS) is 1. The molecule has 0 aromatic rings. The first kappa shape index (κ1) is 17.5. The minimum Gasteiger partial charge on any atom is -0.481 e. The highest BCUT2D eigenvalue weighted by atomic mass is 16.4. The molecule has 146 valence electrons. The van der Waals surface area contributed by atoms with E-state index in [1.165, 1.54) is 25.7 Å². The first-order valence-corrected chi connectivity index (χ1v) is 11.0. The Balaban J connectivity index is 1.70. The molecule has 0 aromatic carbocycles. The van der Waals surface area contributed by atoms with Gasteiger partial charge in [-0.3, -0.25) is 9.69 Å². The summed E-state index contributed by atoms with van der Waals surface area (Å²) in [5, 5.41) is 21.4. The molecule has 4 heteroatoms. The second kappa shape index (κ2) is 5.26. The molecule has 3 aliphatic carbocycles. The molecule has 0 radical (unpaired) electrons. The van der Waals surface area contributed by atoms with Crippen molar-refractivity contribution in [2.45, 2.75) is 83.9 Å². The second-order valence-electron chi connectivity index (χ2n) is 10.8. The van der Waals surface area contributed by atoms with Gasteiger partial charge in [-0.2, -0.15) is 0 Å². The summed E-state index contributed by atoms with van der Waals surface area (Å²) in [4.78, 5) is 14.1. The topological polar surface area (TPSA) is 60.8 Å². The zero-order chi connectivity index (χ0) is 18.5.